The molecule has 2 aromatic rings. The van der Waals surface area contributed by atoms with Gasteiger partial charge in [0.05, 0.1) is 6.10 Å². The number of aliphatic hydroxyl groups excluding tert-OH is 1. The quantitative estimate of drug-likeness (QED) is 0.944. The summed E-state index contributed by atoms with van der Waals surface area (Å²) in [5.74, 6) is 0.806. The average Bonchev–Trinajstić information content (AvgIpc) is 2.78. The molecule has 0 spiro atoms. The molecule has 1 atom stereocenters. The fourth-order valence-corrected chi connectivity index (χ4v) is 2.09. The Hall–Kier alpha value is -1.20. The monoisotopic (exact) mass is 309 g/mol. The van der Waals surface area contributed by atoms with Crippen molar-refractivity contribution in [1.29, 1.82) is 0 Å². The van der Waals surface area contributed by atoms with Gasteiger partial charge in [0.2, 0.25) is 0 Å². The molecule has 0 aliphatic rings. The van der Waals surface area contributed by atoms with Crippen LogP contribution in [0.15, 0.2) is 35.1 Å². The van der Waals surface area contributed by atoms with Crippen molar-refractivity contribution in [1.82, 2.24) is 14.8 Å². The molecule has 0 saturated carbocycles. The molecule has 4 nitrogen and oxygen atoms in total. The fourth-order valence-electron chi connectivity index (χ4n) is 1.83. The number of halogens is 1. The number of aliphatic hydroxyl groups is 1. The standard InChI is InChI=1S/C13H16BrN3O/c1-9(2)17-13(15-8-16-17)7-12(18)10-3-5-11(14)6-4-10/h3-6,8-9,12,18H,7H2,1-2H3. The van der Waals surface area contributed by atoms with E-state index in [2.05, 4.69) is 26.0 Å². The Bertz CT molecular complexity index is 507. The van der Waals surface area contributed by atoms with Crippen molar-refractivity contribution in [2.24, 2.45) is 0 Å². The van der Waals surface area contributed by atoms with Crippen LogP contribution in [0.25, 0.3) is 0 Å². The molecule has 1 heterocycles. The van der Waals surface area contributed by atoms with Crippen LogP contribution in [0.4, 0.5) is 0 Å². The summed E-state index contributed by atoms with van der Waals surface area (Å²) in [5, 5.41) is 14.4. The van der Waals surface area contributed by atoms with Gasteiger partial charge in [0.15, 0.2) is 0 Å². The maximum Gasteiger partial charge on any atom is 0.138 e. The minimum Gasteiger partial charge on any atom is -0.388 e. The minimum absolute atomic E-state index is 0.250. The molecule has 0 fully saturated rings. The van der Waals surface area contributed by atoms with Gasteiger partial charge in [0.25, 0.3) is 0 Å². The third kappa shape index (κ3) is 2.97. The van der Waals surface area contributed by atoms with Gasteiger partial charge in [-0.1, -0.05) is 28.1 Å². The molecular weight excluding hydrogens is 294 g/mol. The molecular formula is C13H16BrN3O. The lowest BCUT2D eigenvalue weighted by Crippen LogP contribution is -2.12. The largest absolute Gasteiger partial charge is 0.388 e. The third-order valence-electron chi connectivity index (χ3n) is 2.77. The molecule has 18 heavy (non-hydrogen) atoms. The summed E-state index contributed by atoms with van der Waals surface area (Å²) in [7, 11) is 0. The Morgan fingerprint density at radius 2 is 1.94 bits per heavy atom. The molecule has 0 aliphatic heterocycles. The smallest absolute Gasteiger partial charge is 0.138 e. The molecule has 1 aromatic heterocycles. The Balaban J connectivity index is 2.13. The molecule has 0 amide bonds. The second-order valence-electron chi connectivity index (χ2n) is 4.49. The zero-order valence-corrected chi connectivity index (χ0v) is 12.0. The molecule has 0 saturated heterocycles. The predicted molar refractivity (Wildman–Crippen MR) is 73.2 cm³/mol. The summed E-state index contributed by atoms with van der Waals surface area (Å²) in [5.41, 5.74) is 0.886. The highest BCUT2D eigenvalue weighted by Gasteiger charge is 2.14. The van der Waals surface area contributed by atoms with E-state index in [-0.39, 0.29) is 6.04 Å². The number of benzene rings is 1. The van der Waals surface area contributed by atoms with Gasteiger partial charge in [0.1, 0.15) is 12.2 Å². The number of hydrogen-bond acceptors (Lipinski definition) is 3. The summed E-state index contributed by atoms with van der Waals surface area (Å²) in [6.45, 7) is 4.09. The lowest BCUT2D eigenvalue weighted by atomic mass is 10.1. The van der Waals surface area contributed by atoms with Gasteiger partial charge in [-0.2, -0.15) is 5.10 Å². The zero-order valence-electron chi connectivity index (χ0n) is 10.4. The first-order valence-corrected chi connectivity index (χ1v) is 6.69. The van der Waals surface area contributed by atoms with Crippen molar-refractivity contribution in [3.8, 4) is 0 Å². The van der Waals surface area contributed by atoms with Crippen molar-refractivity contribution in [3.05, 3.63) is 46.5 Å². The first-order valence-electron chi connectivity index (χ1n) is 5.90. The molecule has 2 rings (SSSR count). The average molecular weight is 310 g/mol. The molecule has 0 bridgehead atoms. The van der Waals surface area contributed by atoms with E-state index < -0.39 is 6.10 Å². The molecule has 0 aliphatic carbocycles. The van der Waals surface area contributed by atoms with Crippen LogP contribution in [0, 0.1) is 0 Å². The van der Waals surface area contributed by atoms with Crippen molar-refractivity contribution >= 4 is 15.9 Å². The Morgan fingerprint density at radius 3 is 2.56 bits per heavy atom. The van der Waals surface area contributed by atoms with E-state index in [1.165, 1.54) is 6.33 Å². The van der Waals surface area contributed by atoms with Crippen molar-refractivity contribution in [2.45, 2.75) is 32.4 Å². The second kappa shape index (κ2) is 5.63. The van der Waals surface area contributed by atoms with E-state index in [4.69, 9.17) is 0 Å². The Morgan fingerprint density at radius 1 is 1.28 bits per heavy atom. The topological polar surface area (TPSA) is 50.9 Å². The van der Waals surface area contributed by atoms with Gasteiger partial charge >= 0.3 is 0 Å². The Labute approximate surface area is 115 Å². The van der Waals surface area contributed by atoms with Gasteiger partial charge in [-0.3, -0.25) is 0 Å². The second-order valence-corrected chi connectivity index (χ2v) is 5.40. The van der Waals surface area contributed by atoms with Gasteiger partial charge in [-0.15, -0.1) is 0 Å². The first-order chi connectivity index (χ1) is 8.58. The fraction of sp³-hybridized carbons (Fsp3) is 0.385. The lowest BCUT2D eigenvalue weighted by Gasteiger charge is -2.13. The van der Waals surface area contributed by atoms with Crippen molar-refractivity contribution in [3.63, 3.8) is 0 Å². The zero-order chi connectivity index (χ0) is 13.1. The maximum atomic E-state index is 10.2. The summed E-state index contributed by atoms with van der Waals surface area (Å²) in [4.78, 5) is 4.20. The highest BCUT2D eigenvalue weighted by atomic mass is 79.9. The van der Waals surface area contributed by atoms with Crippen LogP contribution in [0.5, 0.6) is 0 Å². The van der Waals surface area contributed by atoms with E-state index in [0.29, 0.717) is 6.42 Å². The van der Waals surface area contributed by atoms with Gasteiger partial charge in [-0.05, 0) is 31.5 Å². The van der Waals surface area contributed by atoms with E-state index in [1.807, 2.05) is 42.8 Å². The summed E-state index contributed by atoms with van der Waals surface area (Å²) in [6, 6.07) is 7.91. The van der Waals surface area contributed by atoms with Crippen molar-refractivity contribution in [2.75, 3.05) is 0 Å². The molecule has 1 N–H and O–H groups in total. The van der Waals surface area contributed by atoms with Crippen LogP contribution in [0.2, 0.25) is 0 Å². The summed E-state index contributed by atoms with van der Waals surface area (Å²) in [6.07, 6.45) is 1.45. The minimum atomic E-state index is -0.556. The van der Waals surface area contributed by atoms with E-state index in [0.717, 1.165) is 15.9 Å². The van der Waals surface area contributed by atoms with Crippen LogP contribution >= 0.6 is 15.9 Å². The van der Waals surface area contributed by atoms with Gasteiger partial charge in [0, 0.05) is 16.9 Å². The van der Waals surface area contributed by atoms with E-state index in [1.54, 1.807) is 0 Å². The number of nitrogens with zero attached hydrogens (tertiary/aromatic N) is 3. The van der Waals surface area contributed by atoms with Crippen LogP contribution in [0.1, 0.15) is 37.4 Å². The molecule has 1 aromatic carbocycles. The SMILES string of the molecule is CC(C)n1ncnc1CC(O)c1ccc(Br)cc1. The lowest BCUT2D eigenvalue weighted by molar-refractivity contribution is 0.173. The van der Waals surface area contributed by atoms with Crippen molar-refractivity contribution < 1.29 is 5.11 Å². The normalized spacial score (nSPS) is 12.9. The third-order valence-corrected chi connectivity index (χ3v) is 3.30. The first kappa shape index (κ1) is 13.2. The van der Waals surface area contributed by atoms with E-state index >= 15 is 0 Å². The van der Waals surface area contributed by atoms with Crippen LogP contribution in [0.3, 0.4) is 0 Å². The Kier molecular flexibility index (Phi) is 4.14. The number of hydrogen-bond donors (Lipinski definition) is 1. The number of rotatable bonds is 4. The maximum absolute atomic E-state index is 10.2. The highest BCUT2D eigenvalue weighted by molar-refractivity contribution is 9.10. The van der Waals surface area contributed by atoms with Gasteiger partial charge in [-0.25, -0.2) is 9.67 Å². The molecule has 96 valence electrons. The molecule has 5 heteroatoms. The van der Waals surface area contributed by atoms with Crippen LogP contribution in [-0.4, -0.2) is 19.9 Å². The van der Waals surface area contributed by atoms with Gasteiger partial charge < -0.3 is 5.11 Å². The summed E-state index contributed by atoms with van der Waals surface area (Å²) >= 11 is 3.38. The number of aromatic nitrogens is 3. The highest BCUT2D eigenvalue weighted by Crippen LogP contribution is 2.20. The molecule has 1 unspecified atom stereocenters. The van der Waals surface area contributed by atoms with Crippen LogP contribution < -0.4 is 0 Å². The predicted octanol–water partition coefficient (Wildman–Crippen LogP) is 2.90. The van der Waals surface area contributed by atoms with E-state index in [9.17, 15) is 5.11 Å². The summed E-state index contributed by atoms with van der Waals surface area (Å²) < 4.78 is 2.84. The van der Waals surface area contributed by atoms with Crippen LogP contribution in [-0.2, 0) is 6.42 Å². The molecule has 0 radical (unpaired) electrons.